The van der Waals surface area contributed by atoms with Crippen molar-refractivity contribution in [1.29, 1.82) is 0 Å². The Morgan fingerprint density at radius 3 is 3.18 bits per heavy atom. The first-order valence-corrected chi connectivity index (χ1v) is 6.31. The molecule has 0 spiro atoms. The maximum absolute atomic E-state index is 8.60. The van der Waals surface area contributed by atoms with Crippen LogP contribution in [0.3, 0.4) is 0 Å². The lowest BCUT2D eigenvalue weighted by Gasteiger charge is -2.13. The van der Waals surface area contributed by atoms with Crippen LogP contribution in [0.1, 0.15) is 19.0 Å². The topological polar surface area (TPSA) is 80.7 Å². The van der Waals surface area contributed by atoms with Crippen molar-refractivity contribution in [2.75, 3.05) is 6.61 Å². The molecule has 6 heteroatoms. The first-order chi connectivity index (χ1) is 8.20. The number of aromatic nitrogens is 1. The van der Waals surface area contributed by atoms with Gasteiger partial charge in [-0.1, -0.05) is 5.16 Å². The van der Waals surface area contributed by atoms with Crippen LogP contribution in [0.5, 0.6) is 0 Å². The van der Waals surface area contributed by atoms with E-state index in [-0.39, 0.29) is 11.9 Å². The maximum atomic E-state index is 8.60. The number of hydrogen-bond acceptors (Lipinski definition) is 5. The second kappa shape index (κ2) is 5.37. The van der Waals surface area contributed by atoms with Crippen molar-refractivity contribution in [2.24, 2.45) is 10.9 Å². The molecule has 1 fully saturated rings. The number of rotatable bonds is 3. The zero-order valence-corrected chi connectivity index (χ0v) is 10.4. The van der Waals surface area contributed by atoms with E-state index < -0.39 is 0 Å². The molecule has 3 N–H and O–H groups in total. The van der Waals surface area contributed by atoms with Crippen LogP contribution in [0.2, 0.25) is 0 Å². The lowest BCUT2D eigenvalue weighted by molar-refractivity contribution is 0.127. The highest BCUT2D eigenvalue weighted by molar-refractivity contribution is 8.00. The van der Waals surface area contributed by atoms with Crippen LogP contribution in [0.4, 0.5) is 0 Å². The molecule has 5 nitrogen and oxygen atoms in total. The molecular weight excluding hydrogens is 238 g/mol. The van der Waals surface area contributed by atoms with E-state index in [0.717, 1.165) is 17.9 Å². The predicted octanol–water partition coefficient (Wildman–Crippen LogP) is 1.45. The van der Waals surface area contributed by atoms with Crippen LogP contribution >= 0.6 is 11.8 Å². The van der Waals surface area contributed by atoms with Crippen LogP contribution in [-0.4, -0.2) is 34.0 Å². The Morgan fingerprint density at radius 1 is 1.71 bits per heavy atom. The summed E-state index contributed by atoms with van der Waals surface area (Å²) in [7, 11) is 0. The van der Waals surface area contributed by atoms with Gasteiger partial charge in [-0.2, -0.15) is 0 Å². The van der Waals surface area contributed by atoms with Crippen molar-refractivity contribution in [3.8, 4) is 0 Å². The number of hydrogen-bond donors (Lipinski definition) is 2. The minimum Gasteiger partial charge on any atom is -0.409 e. The number of nitrogens with two attached hydrogens (primary N) is 1. The second-order valence-electron chi connectivity index (χ2n) is 3.88. The van der Waals surface area contributed by atoms with E-state index in [2.05, 4.69) is 17.1 Å². The molecule has 0 aromatic carbocycles. The van der Waals surface area contributed by atoms with Gasteiger partial charge in [0.1, 0.15) is 5.69 Å². The SMILES string of the molecule is CC1OCCC1Sc1ccnc(/C(N)=N/O)c1. The van der Waals surface area contributed by atoms with Crippen molar-refractivity contribution in [1.82, 2.24) is 4.98 Å². The van der Waals surface area contributed by atoms with E-state index in [0.29, 0.717) is 10.9 Å². The maximum Gasteiger partial charge on any atom is 0.188 e. The van der Waals surface area contributed by atoms with Crippen LogP contribution in [0.25, 0.3) is 0 Å². The average Bonchev–Trinajstić information content (AvgIpc) is 2.74. The lowest BCUT2D eigenvalue weighted by atomic mass is 10.3. The molecule has 0 saturated carbocycles. The van der Waals surface area contributed by atoms with E-state index in [4.69, 9.17) is 15.7 Å². The highest BCUT2D eigenvalue weighted by Crippen LogP contribution is 2.32. The standard InChI is InChI=1S/C11H15N3O2S/c1-7-10(3-5-16-7)17-8-2-4-13-9(6-8)11(12)14-15/h2,4,6-7,10,15H,3,5H2,1H3,(H2,12,14). The average molecular weight is 253 g/mol. The molecule has 0 amide bonds. The molecule has 2 atom stereocenters. The minimum atomic E-state index is 0.0307. The summed E-state index contributed by atoms with van der Waals surface area (Å²) in [5, 5.41) is 12.0. The van der Waals surface area contributed by atoms with Gasteiger partial charge in [-0.3, -0.25) is 4.98 Å². The summed E-state index contributed by atoms with van der Waals surface area (Å²) in [5.74, 6) is 0.0307. The monoisotopic (exact) mass is 253 g/mol. The molecule has 2 rings (SSSR count). The molecule has 1 aliphatic rings. The molecule has 17 heavy (non-hydrogen) atoms. The second-order valence-corrected chi connectivity index (χ2v) is 5.20. The van der Waals surface area contributed by atoms with Gasteiger partial charge in [0.2, 0.25) is 0 Å². The molecule has 0 aliphatic carbocycles. The zero-order chi connectivity index (χ0) is 12.3. The summed E-state index contributed by atoms with van der Waals surface area (Å²) in [6, 6.07) is 3.74. The molecule has 2 heterocycles. The van der Waals surface area contributed by atoms with E-state index >= 15 is 0 Å². The molecule has 0 bridgehead atoms. The van der Waals surface area contributed by atoms with Gasteiger partial charge >= 0.3 is 0 Å². The summed E-state index contributed by atoms with van der Waals surface area (Å²) >= 11 is 1.74. The Kier molecular flexibility index (Phi) is 3.86. The summed E-state index contributed by atoms with van der Waals surface area (Å²) in [4.78, 5) is 5.10. The van der Waals surface area contributed by atoms with E-state index in [1.54, 1.807) is 18.0 Å². The fourth-order valence-electron chi connectivity index (χ4n) is 1.72. The molecule has 0 radical (unpaired) electrons. The van der Waals surface area contributed by atoms with Crippen LogP contribution < -0.4 is 5.73 Å². The van der Waals surface area contributed by atoms with Gasteiger partial charge in [-0.25, -0.2) is 0 Å². The van der Waals surface area contributed by atoms with Gasteiger partial charge in [0.25, 0.3) is 0 Å². The molecule has 1 aromatic heterocycles. The van der Waals surface area contributed by atoms with E-state index in [1.165, 1.54) is 0 Å². The molecule has 1 saturated heterocycles. The van der Waals surface area contributed by atoms with Crippen molar-refractivity contribution in [3.05, 3.63) is 24.0 Å². The zero-order valence-electron chi connectivity index (χ0n) is 9.54. The molecule has 2 unspecified atom stereocenters. The van der Waals surface area contributed by atoms with Crippen molar-refractivity contribution >= 4 is 17.6 Å². The van der Waals surface area contributed by atoms with Gasteiger partial charge in [0, 0.05) is 22.9 Å². The van der Waals surface area contributed by atoms with Crippen LogP contribution in [0.15, 0.2) is 28.4 Å². The Morgan fingerprint density at radius 2 is 2.53 bits per heavy atom. The number of amidine groups is 1. The first-order valence-electron chi connectivity index (χ1n) is 5.43. The van der Waals surface area contributed by atoms with Crippen molar-refractivity contribution < 1.29 is 9.94 Å². The Bertz CT molecular complexity index is 425. The fourth-order valence-corrected chi connectivity index (χ4v) is 2.87. The van der Waals surface area contributed by atoms with E-state index in [1.807, 2.05) is 12.1 Å². The normalized spacial score (nSPS) is 25.1. The van der Waals surface area contributed by atoms with Gasteiger partial charge in [0.15, 0.2) is 5.84 Å². The van der Waals surface area contributed by atoms with Crippen LogP contribution in [0, 0.1) is 0 Å². The highest BCUT2D eigenvalue weighted by atomic mass is 32.2. The first kappa shape index (κ1) is 12.2. The summed E-state index contributed by atoms with van der Waals surface area (Å²) < 4.78 is 5.51. The van der Waals surface area contributed by atoms with Crippen molar-refractivity contribution in [3.63, 3.8) is 0 Å². The largest absolute Gasteiger partial charge is 0.409 e. The third-order valence-electron chi connectivity index (χ3n) is 2.70. The fraction of sp³-hybridized carbons (Fsp3) is 0.455. The Labute approximate surface area is 104 Å². The quantitative estimate of drug-likeness (QED) is 0.369. The number of oxime groups is 1. The third-order valence-corrected chi connectivity index (χ3v) is 4.14. The molecular formula is C11H15N3O2S. The molecule has 1 aliphatic heterocycles. The number of thioether (sulfide) groups is 1. The number of nitrogens with zero attached hydrogens (tertiary/aromatic N) is 2. The van der Waals surface area contributed by atoms with Gasteiger partial charge in [-0.15, -0.1) is 11.8 Å². The van der Waals surface area contributed by atoms with Gasteiger partial charge < -0.3 is 15.7 Å². The van der Waals surface area contributed by atoms with Gasteiger partial charge in [-0.05, 0) is 25.5 Å². The summed E-state index contributed by atoms with van der Waals surface area (Å²) in [5.41, 5.74) is 5.99. The number of pyridine rings is 1. The molecule has 92 valence electrons. The van der Waals surface area contributed by atoms with Gasteiger partial charge in [0.05, 0.1) is 6.10 Å². The Hall–Kier alpha value is -1.27. The summed E-state index contributed by atoms with van der Waals surface area (Å²) in [6.45, 7) is 2.90. The predicted molar refractivity (Wildman–Crippen MR) is 66.4 cm³/mol. The Balaban J connectivity index is 2.11. The third kappa shape index (κ3) is 2.89. The smallest absolute Gasteiger partial charge is 0.188 e. The minimum absolute atomic E-state index is 0.0307. The highest BCUT2D eigenvalue weighted by Gasteiger charge is 2.25. The van der Waals surface area contributed by atoms with Crippen molar-refractivity contribution in [2.45, 2.75) is 29.6 Å². The lowest BCUT2D eigenvalue weighted by Crippen LogP contribution is -2.16. The van der Waals surface area contributed by atoms with Crippen LogP contribution in [-0.2, 0) is 4.74 Å². The number of ether oxygens (including phenoxy) is 1. The van der Waals surface area contributed by atoms with E-state index in [9.17, 15) is 0 Å². The summed E-state index contributed by atoms with van der Waals surface area (Å²) in [6.07, 6.45) is 2.98. The molecule has 1 aromatic rings.